The van der Waals surface area contributed by atoms with Gasteiger partial charge < -0.3 is 14.3 Å². The highest BCUT2D eigenvalue weighted by Crippen LogP contribution is 2.30. The molecule has 130 valence electrons. The molecule has 2 heterocycles. The molecular weight excluding hydrogens is 296 g/mol. The summed E-state index contributed by atoms with van der Waals surface area (Å²) in [5.74, 6) is 1.02. The van der Waals surface area contributed by atoms with E-state index in [0.717, 1.165) is 37.6 Å². The Kier molecular flexibility index (Phi) is 5.47. The van der Waals surface area contributed by atoms with Crippen LogP contribution in [-0.4, -0.2) is 47.3 Å². The number of ether oxygens (including phenoxy) is 1. The number of aliphatic hydroxyl groups excluding tert-OH is 1. The van der Waals surface area contributed by atoms with Crippen molar-refractivity contribution in [1.29, 1.82) is 0 Å². The SMILES string of the molecule is COC(=O)[C@@H](O)C1CCN([C@@H](C)c2ncc(C(C)(C)C)o2)CC1. The summed E-state index contributed by atoms with van der Waals surface area (Å²) in [5, 5.41) is 9.95. The first kappa shape index (κ1) is 17.9. The number of piperidine rings is 1. The van der Waals surface area contributed by atoms with E-state index in [9.17, 15) is 9.90 Å². The van der Waals surface area contributed by atoms with Gasteiger partial charge in [-0.25, -0.2) is 9.78 Å². The summed E-state index contributed by atoms with van der Waals surface area (Å²) in [6.07, 6.45) is 2.30. The lowest BCUT2D eigenvalue weighted by molar-refractivity contribution is -0.154. The quantitative estimate of drug-likeness (QED) is 0.856. The molecular formula is C17H28N2O4. The maximum absolute atomic E-state index is 11.4. The number of hydrogen-bond donors (Lipinski definition) is 1. The molecule has 6 nitrogen and oxygen atoms in total. The van der Waals surface area contributed by atoms with Gasteiger partial charge in [0.15, 0.2) is 6.10 Å². The number of nitrogens with zero attached hydrogens (tertiary/aromatic N) is 2. The third-order valence-electron chi connectivity index (χ3n) is 4.63. The van der Waals surface area contributed by atoms with Crippen molar-refractivity contribution >= 4 is 5.97 Å². The largest absolute Gasteiger partial charge is 0.467 e. The Labute approximate surface area is 137 Å². The number of oxazole rings is 1. The smallest absolute Gasteiger partial charge is 0.334 e. The van der Waals surface area contributed by atoms with Crippen molar-refractivity contribution in [2.45, 2.75) is 58.1 Å². The number of hydrogen-bond acceptors (Lipinski definition) is 6. The van der Waals surface area contributed by atoms with Gasteiger partial charge in [0.1, 0.15) is 5.76 Å². The van der Waals surface area contributed by atoms with Crippen molar-refractivity contribution in [2.75, 3.05) is 20.2 Å². The Morgan fingerprint density at radius 2 is 2.04 bits per heavy atom. The molecule has 1 aliphatic heterocycles. The highest BCUT2D eigenvalue weighted by atomic mass is 16.5. The second-order valence-corrected chi connectivity index (χ2v) is 7.33. The molecule has 1 saturated heterocycles. The van der Waals surface area contributed by atoms with Gasteiger partial charge in [0.2, 0.25) is 5.89 Å². The Balaban J connectivity index is 1.94. The van der Waals surface area contributed by atoms with E-state index in [-0.39, 0.29) is 17.4 Å². The minimum absolute atomic E-state index is 0.0411. The topological polar surface area (TPSA) is 75.8 Å². The van der Waals surface area contributed by atoms with Gasteiger partial charge in [0.25, 0.3) is 0 Å². The highest BCUT2D eigenvalue weighted by Gasteiger charge is 2.33. The molecule has 0 spiro atoms. The zero-order chi connectivity index (χ0) is 17.2. The molecule has 0 amide bonds. The summed E-state index contributed by atoms with van der Waals surface area (Å²) in [4.78, 5) is 18.1. The molecule has 0 aromatic carbocycles. The molecule has 2 rings (SSSR count). The number of methoxy groups -OCH3 is 1. The minimum Gasteiger partial charge on any atom is -0.467 e. The van der Waals surface area contributed by atoms with Gasteiger partial charge in [-0.05, 0) is 38.8 Å². The van der Waals surface area contributed by atoms with Gasteiger partial charge in [-0.1, -0.05) is 20.8 Å². The summed E-state index contributed by atoms with van der Waals surface area (Å²) < 4.78 is 10.5. The average molecular weight is 324 g/mol. The summed E-state index contributed by atoms with van der Waals surface area (Å²) in [5.41, 5.74) is -0.0530. The molecule has 1 N–H and O–H groups in total. The van der Waals surface area contributed by atoms with Crippen LogP contribution in [0.25, 0.3) is 0 Å². The third-order valence-corrected chi connectivity index (χ3v) is 4.63. The lowest BCUT2D eigenvalue weighted by atomic mass is 9.90. The number of aliphatic hydroxyl groups is 1. The summed E-state index contributed by atoms with van der Waals surface area (Å²) >= 11 is 0. The lowest BCUT2D eigenvalue weighted by Crippen LogP contribution is -2.41. The van der Waals surface area contributed by atoms with Crippen molar-refractivity contribution in [2.24, 2.45) is 5.92 Å². The zero-order valence-corrected chi connectivity index (χ0v) is 14.7. The van der Waals surface area contributed by atoms with Crippen molar-refractivity contribution < 1.29 is 19.1 Å². The normalized spacial score (nSPS) is 20.3. The molecule has 0 aliphatic carbocycles. The van der Waals surface area contributed by atoms with Crippen LogP contribution in [-0.2, 0) is 14.9 Å². The van der Waals surface area contributed by atoms with Crippen molar-refractivity contribution in [3.05, 3.63) is 17.8 Å². The van der Waals surface area contributed by atoms with Gasteiger partial charge in [-0.2, -0.15) is 0 Å². The molecule has 1 aromatic rings. The molecule has 0 radical (unpaired) electrons. The fourth-order valence-electron chi connectivity index (χ4n) is 2.92. The van der Waals surface area contributed by atoms with Crippen LogP contribution in [0.15, 0.2) is 10.6 Å². The van der Waals surface area contributed by atoms with Crippen LogP contribution < -0.4 is 0 Å². The number of aromatic nitrogens is 1. The standard InChI is InChI=1S/C17H28N2O4/c1-11(15-18-10-13(23-15)17(2,3)4)19-8-6-12(7-9-19)14(20)16(21)22-5/h10-12,14,20H,6-9H2,1-5H3/t11-,14-/m0/s1. The number of carbonyl (C=O) groups is 1. The Hall–Kier alpha value is -1.40. The average Bonchev–Trinajstić information content (AvgIpc) is 3.03. The zero-order valence-electron chi connectivity index (χ0n) is 14.7. The van der Waals surface area contributed by atoms with E-state index >= 15 is 0 Å². The van der Waals surface area contributed by atoms with Crippen LogP contribution in [0.4, 0.5) is 0 Å². The molecule has 1 fully saturated rings. The van der Waals surface area contributed by atoms with Crippen LogP contribution in [0.3, 0.4) is 0 Å². The molecule has 0 saturated carbocycles. The third kappa shape index (κ3) is 4.12. The number of carbonyl (C=O) groups excluding carboxylic acids is 1. The van der Waals surface area contributed by atoms with Gasteiger partial charge in [-0.15, -0.1) is 0 Å². The maximum atomic E-state index is 11.4. The lowest BCUT2D eigenvalue weighted by Gasteiger charge is -2.35. The predicted molar refractivity (Wildman–Crippen MR) is 85.9 cm³/mol. The first-order chi connectivity index (χ1) is 10.7. The van der Waals surface area contributed by atoms with Gasteiger partial charge in [0.05, 0.1) is 19.3 Å². The first-order valence-corrected chi connectivity index (χ1v) is 8.20. The maximum Gasteiger partial charge on any atom is 0.334 e. The monoisotopic (exact) mass is 324 g/mol. The molecule has 0 unspecified atom stereocenters. The van der Waals surface area contributed by atoms with Crippen molar-refractivity contribution in [3.63, 3.8) is 0 Å². The molecule has 1 aliphatic rings. The summed E-state index contributed by atoms with van der Waals surface area (Å²) in [7, 11) is 1.30. The van der Waals surface area contributed by atoms with Crippen LogP contribution in [0.5, 0.6) is 0 Å². The van der Waals surface area contributed by atoms with E-state index in [2.05, 4.69) is 42.3 Å². The van der Waals surface area contributed by atoms with Gasteiger partial charge >= 0.3 is 5.97 Å². The van der Waals surface area contributed by atoms with Gasteiger partial charge in [0, 0.05) is 5.41 Å². The highest BCUT2D eigenvalue weighted by molar-refractivity contribution is 5.74. The van der Waals surface area contributed by atoms with Crippen molar-refractivity contribution in [1.82, 2.24) is 9.88 Å². The Morgan fingerprint density at radius 3 is 2.52 bits per heavy atom. The molecule has 2 atom stereocenters. The molecule has 1 aromatic heterocycles. The second kappa shape index (κ2) is 7.01. The molecule has 0 bridgehead atoms. The van der Waals surface area contributed by atoms with E-state index in [0.29, 0.717) is 0 Å². The van der Waals surface area contributed by atoms with E-state index < -0.39 is 12.1 Å². The fourth-order valence-corrected chi connectivity index (χ4v) is 2.92. The molecule has 6 heteroatoms. The molecule has 23 heavy (non-hydrogen) atoms. The van der Waals surface area contributed by atoms with Crippen LogP contribution in [0.1, 0.15) is 58.2 Å². The van der Waals surface area contributed by atoms with Crippen LogP contribution >= 0.6 is 0 Å². The van der Waals surface area contributed by atoms with Gasteiger partial charge in [-0.3, -0.25) is 4.90 Å². The summed E-state index contributed by atoms with van der Waals surface area (Å²) in [6, 6.07) is 0.0855. The number of rotatable bonds is 4. The minimum atomic E-state index is -1.02. The van der Waals surface area contributed by atoms with Crippen LogP contribution in [0.2, 0.25) is 0 Å². The Morgan fingerprint density at radius 1 is 1.43 bits per heavy atom. The second-order valence-electron chi connectivity index (χ2n) is 7.33. The number of esters is 1. The van der Waals surface area contributed by atoms with E-state index in [4.69, 9.17) is 4.42 Å². The summed E-state index contributed by atoms with van der Waals surface area (Å²) in [6.45, 7) is 9.97. The Bertz CT molecular complexity index is 527. The fraction of sp³-hybridized carbons (Fsp3) is 0.765. The van der Waals surface area contributed by atoms with E-state index in [1.165, 1.54) is 7.11 Å². The predicted octanol–water partition coefficient (Wildman–Crippen LogP) is 2.28. The number of likely N-dealkylation sites (tertiary alicyclic amines) is 1. The van der Waals surface area contributed by atoms with Crippen LogP contribution in [0, 0.1) is 5.92 Å². The van der Waals surface area contributed by atoms with Crippen molar-refractivity contribution in [3.8, 4) is 0 Å². The van der Waals surface area contributed by atoms with E-state index in [1.54, 1.807) is 6.20 Å². The van der Waals surface area contributed by atoms with E-state index in [1.807, 2.05) is 0 Å². The first-order valence-electron chi connectivity index (χ1n) is 8.20.